The van der Waals surface area contributed by atoms with Gasteiger partial charge < -0.3 is 5.73 Å². The van der Waals surface area contributed by atoms with Gasteiger partial charge >= 0.3 is 0 Å². The van der Waals surface area contributed by atoms with Crippen LogP contribution in [0.25, 0.3) is 0 Å². The highest BCUT2D eigenvalue weighted by Gasteiger charge is 2.28. The van der Waals surface area contributed by atoms with Gasteiger partial charge in [0.25, 0.3) is 0 Å². The van der Waals surface area contributed by atoms with Crippen molar-refractivity contribution in [3.63, 3.8) is 0 Å². The Kier molecular flexibility index (Phi) is 6.56. The monoisotopic (exact) mass is 408 g/mol. The molecule has 30 heavy (non-hydrogen) atoms. The van der Waals surface area contributed by atoms with E-state index in [-0.39, 0.29) is 22.2 Å². The van der Waals surface area contributed by atoms with Gasteiger partial charge in [0, 0.05) is 34.6 Å². The first-order valence-electron chi connectivity index (χ1n) is 10.6. The van der Waals surface area contributed by atoms with Crippen molar-refractivity contribution in [1.29, 1.82) is 5.26 Å². The maximum atomic E-state index is 9.60. The number of nitriles is 1. The predicted octanol–water partition coefficient (Wildman–Crippen LogP) is 5.18. The van der Waals surface area contributed by atoms with Gasteiger partial charge in [0.05, 0.1) is 22.8 Å². The molecule has 0 bridgehead atoms. The third kappa shape index (κ3) is 5.33. The molecule has 1 atom stereocenters. The molecule has 6 nitrogen and oxygen atoms in total. The van der Waals surface area contributed by atoms with Crippen LogP contribution in [-0.4, -0.2) is 19.9 Å². The summed E-state index contributed by atoms with van der Waals surface area (Å²) in [5, 5.41) is 9.60. The highest BCUT2D eigenvalue weighted by atomic mass is 14.9. The molecule has 0 fully saturated rings. The van der Waals surface area contributed by atoms with Gasteiger partial charge in [-0.3, -0.25) is 9.97 Å². The molecule has 0 aliphatic rings. The van der Waals surface area contributed by atoms with Crippen LogP contribution in [0, 0.1) is 11.3 Å². The molecule has 2 aromatic heterocycles. The molecule has 0 aliphatic carbocycles. The molecule has 0 aromatic carbocycles. The van der Waals surface area contributed by atoms with E-state index in [1.165, 1.54) is 0 Å². The lowest BCUT2D eigenvalue weighted by molar-refractivity contribution is 0.423. The Bertz CT molecular complexity index is 942. The van der Waals surface area contributed by atoms with Crippen molar-refractivity contribution in [2.24, 2.45) is 0 Å². The lowest BCUT2D eigenvalue weighted by Crippen LogP contribution is -2.24. The summed E-state index contributed by atoms with van der Waals surface area (Å²) in [4.78, 5) is 18.5. The molecule has 0 amide bonds. The fraction of sp³-hybridized carbons (Fsp3) is 0.625. The Morgan fingerprint density at radius 3 is 2.03 bits per heavy atom. The molecule has 0 radical (unpaired) electrons. The quantitative estimate of drug-likeness (QED) is 0.731. The molecule has 162 valence electrons. The number of nitrogens with zero attached hydrogens (tertiary/aromatic N) is 5. The van der Waals surface area contributed by atoms with Gasteiger partial charge in [0.2, 0.25) is 0 Å². The minimum atomic E-state index is -0.197. The molecule has 2 rings (SSSR count). The van der Waals surface area contributed by atoms with Gasteiger partial charge in [-0.05, 0) is 12.8 Å². The van der Waals surface area contributed by atoms with Crippen LogP contribution >= 0.6 is 0 Å². The van der Waals surface area contributed by atoms with Crippen molar-refractivity contribution >= 4 is 5.82 Å². The summed E-state index contributed by atoms with van der Waals surface area (Å²) >= 11 is 0. The largest absolute Gasteiger partial charge is 0.382 e. The fourth-order valence-corrected chi connectivity index (χ4v) is 3.35. The van der Waals surface area contributed by atoms with E-state index >= 15 is 0 Å². The second-order valence-corrected chi connectivity index (χ2v) is 10.9. The number of hydrogen-bond acceptors (Lipinski definition) is 6. The molecule has 0 saturated heterocycles. The molecule has 2 heterocycles. The van der Waals surface area contributed by atoms with Gasteiger partial charge in [0.1, 0.15) is 11.9 Å². The third-order valence-electron chi connectivity index (χ3n) is 5.55. The van der Waals surface area contributed by atoms with E-state index in [0.717, 1.165) is 35.6 Å². The summed E-state index contributed by atoms with van der Waals surface area (Å²) in [6, 6.07) is 2.23. The van der Waals surface area contributed by atoms with Crippen molar-refractivity contribution in [3.8, 4) is 6.07 Å². The number of hydrogen-bond donors (Lipinski definition) is 1. The number of nitrogens with two attached hydrogens (primary N) is 1. The van der Waals surface area contributed by atoms with Gasteiger partial charge in [-0.1, -0.05) is 62.3 Å². The van der Waals surface area contributed by atoms with E-state index in [1.54, 1.807) is 6.20 Å². The molecule has 2 N–H and O–H groups in total. The van der Waals surface area contributed by atoms with Crippen LogP contribution in [0.4, 0.5) is 5.82 Å². The Labute approximate surface area is 181 Å². The van der Waals surface area contributed by atoms with Gasteiger partial charge in [0.15, 0.2) is 5.69 Å². The number of aromatic nitrogens is 4. The normalized spacial score (nSPS) is 13.7. The van der Waals surface area contributed by atoms with Crippen LogP contribution < -0.4 is 5.73 Å². The first-order chi connectivity index (χ1) is 13.7. The minimum Gasteiger partial charge on any atom is -0.382 e. The van der Waals surface area contributed by atoms with E-state index in [0.29, 0.717) is 11.5 Å². The van der Waals surface area contributed by atoms with E-state index in [2.05, 4.69) is 88.3 Å². The third-order valence-corrected chi connectivity index (χ3v) is 5.55. The van der Waals surface area contributed by atoms with Crippen LogP contribution in [0.3, 0.4) is 0 Å². The molecule has 1 unspecified atom stereocenters. The summed E-state index contributed by atoms with van der Waals surface area (Å²) in [6.07, 6.45) is 5.37. The van der Waals surface area contributed by atoms with Gasteiger partial charge in [-0.15, -0.1) is 0 Å². The average molecular weight is 409 g/mol. The minimum absolute atomic E-state index is 0.111. The molecular formula is C24H36N6. The zero-order chi connectivity index (χ0) is 22.9. The maximum Gasteiger partial charge on any atom is 0.162 e. The van der Waals surface area contributed by atoms with Crippen LogP contribution in [0.15, 0.2) is 12.4 Å². The molecular weight excluding hydrogens is 372 g/mol. The molecule has 0 saturated carbocycles. The number of rotatable bonds is 5. The Morgan fingerprint density at radius 2 is 1.53 bits per heavy atom. The van der Waals surface area contributed by atoms with Crippen LogP contribution in [0.2, 0.25) is 0 Å². The zero-order valence-corrected chi connectivity index (χ0v) is 20.0. The fourth-order valence-electron chi connectivity index (χ4n) is 3.35. The number of anilines is 1. The summed E-state index contributed by atoms with van der Waals surface area (Å²) in [6.45, 7) is 18.9. The second kappa shape index (κ2) is 8.29. The number of nitrogen functional groups attached to an aromatic ring is 1. The van der Waals surface area contributed by atoms with Crippen LogP contribution in [-0.2, 0) is 16.2 Å². The molecule has 0 spiro atoms. The topological polar surface area (TPSA) is 101 Å². The first kappa shape index (κ1) is 23.7. The molecule has 0 aliphatic heterocycles. The Hall–Kier alpha value is -2.55. The standard InChI is InChI=1S/C24H36N6/c1-15(19-16(12-25)29-17(13-27-19)22(2,3)4)10-11-24(8,9)18-14-28-20(21(26)30-18)23(5,6)7/h13-15H,10-11H2,1-9H3,(H2,26,30). The Balaban J connectivity index is 2.20. The maximum absolute atomic E-state index is 9.60. The van der Waals surface area contributed by atoms with Crippen molar-refractivity contribution in [1.82, 2.24) is 19.9 Å². The lowest BCUT2D eigenvalue weighted by atomic mass is 9.81. The van der Waals surface area contributed by atoms with Crippen LogP contribution in [0.1, 0.15) is 110 Å². The predicted molar refractivity (Wildman–Crippen MR) is 121 cm³/mol. The summed E-state index contributed by atoms with van der Waals surface area (Å²) in [5.41, 5.74) is 9.46. The van der Waals surface area contributed by atoms with E-state index in [4.69, 9.17) is 5.73 Å². The highest BCUT2D eigenvalue weighted by molar-refractivity contribution is 5.40. The van der Waals surface area contributed by atoms with Crippen molar-refractivity contribution < 1.29 is 0 Å². The van der Waals surface area contributed by atoms with Gasteiger partial charge in [-0.2, -0.15) is 5.26 Å². The van der Waals surface area contributed by atoms with E-state index in [9.17, 15) is 5.26 Å². The average Bonchev–Trinajstić information content (AvgIpc) is 2.63. The van der Waals surface area contributed by atoms with Crippen molar-refractivity contribution in [3.05, 3.63) is 40.9 Å². The van der Waals surface area contributed by atoms with Crippen molar-refractivity contribution in [2.75, 3.05) is 5.73 Å². The summed E-state index contributed by atoms with van der Waals surface area (Å²) in [5.74, 6) is 0.608. The smallest absolute Gasteiger partial charge is 0.162 e. The molecule has 2 aromatic rings. The SMILES string of the molecule is CC(CCC(C)(C)c1cnc(C(C)(C)C)c(N)n1)c1ncc(C(C)(C)C)nc1C#N. The first-order valence-corrected chi connectivity index (χ1v) is 10.6. The van der Waals surface area contributed by atoms with Gasteiger partial charge in [-0.25, -0.2) is 9.97 Å². The zero-order valence-electron chi connectivity index (χ0n) is 20.0. The highest BCUT2D eigenvalue weighted by Crippen LogP contribution is 2.34. The summed E-state index contributed by atoms with van der Waals surface area (Å²) < 4.78 is 0. The Morgan fingerprint density at radius 1 is 0.933 bits per heavy atom. The summed E-state index contributed by atoms with van der Waals surface area (Å²) in [7, 11) is 0. The molecule has 6 heteroatoms. The van der Waals surface area contributed by atoms with E-state index in [1.807, 2.05) is 6.20 Å². The lowest BCUT2D eigenvalue weighted by Gasteiger charge is -2.27. The van der Waals surface area contributed by atoms with Crippen LogP contribution in [0.5, 0.6) is 0 Å². The van der Waals surface area contributed by atoms with Crippen molar-refractivity contribution in [2.45, 2.75) is 97.3 Å². The van der Waals surface area contributed by atoms with E-state index < -0.39 is 0 Å². The second-order valence-electron chi connectivity index (χ2n) is 10.9.